The zero-order valence-electron chi connectivity index (χ0n) is 19.7. The summed E-state index contributed by atoms with van der Waals surface area (Å²) in [6, 6.07) is 29.2. The molecule has 4 aromatic carbocycles. The molecule has 0 bridgehead atoms. The lowest BCUT2D eigenvalue weighted by Crippen LogP contribution is -2.24. The van der Waals surface area contributed by atoms with Crippen molar-refractivity contribution in [2.75, 3.05) is 20.2 Å². The van der Waals surface area contributed by atoms with Crippen molar-refractivity contribution in [3.05, 3.63) is 103 Å². The van der Waals surface area contributed by atoms with Crippen LogP contribution in [0, 0.1) is 0 Å². The fourth-order valence-corrected chi connectivity index (χ4v) is 4.58. The zero-order valence-corrected chi connectivity index (χ0v) is 19.7. The quantitative estimate of drug-likeness (QED) is 0.287. The molecule has 0 atom stereocenters. The first-order valence-electron chi connectivity index (χ1n) is 12.1. The molecule has 1 aliphatic rings. The summed E-state index contributed by atoms with van der Waals surface area (Å²) in [6.45, 7) is 2.37. The van der Waals surface area contributed by atoms with Gasteiger partial charge in [0.2, 0.25) is 0 Å². The van der Waals surface area contributed by atoms with Gasteiger partial charge in [0.25, 0.3) is 0 Å². The minimum absolute atomic E-state index is 0.837. The number of benzene rings is 4. The van der Waals surface area contributed by atoms with Gasteiger partial charge >= 0.3 is 0 Å². The van der Waals surface area contributed by atoms with E-state index in [9.17, 15) is 0 Å². The van der Waals surface area contributed by atoms with Gasteiger partial charge in [-0.3, -0.25) is 0 Å². The largest absolute Gasteiger partial charge is 0.497 e. The molecule has 0 spiro atoms. The Morgan fingerprint density at radius 1 is 0.794 bits per heavy atom. The molecule has 3 heteroatoms. The number of methoxy groups -OCH3 is 1. The Morgan fingerprint density at radius 2 is 1.56 bits per heavy atom. The second kappa shape index (κ2) is 10.5. The summed E-state index contributed by atoms with van der Waals surface area (Å²) in [5.41, 5.74) is 3.49. The van der Waals surface area contributed by atoms with Gasteiger partial charge < -0.3 is 14.4 Å². The number of allylic oxidation sites excluding steroid dienone is 1. The molecule has 1 saturated heterocycles. The number of nitrogens with zero attached hydrogens (tertiary/aromatic N) is 1. The van der Waals surface area contributed by atoms with Gasteiger partial charge in [-0.1, -0.05) is 54.6 Å². The van der Waals surface area contributed by atoms with E-state index in [-0.39, 0.29) is 0 Å². The second-order valence-electron chi connectivity index (χ2n) is 8.83. The molecule has 0 aliphatic carbocycles. The van der Waals surface area contributed by atoms with Crippen molar-refractivity contribution in [3.8, 4) is 28.4 Å². The third kappa shape index (κ3) is 5.09. The van der Waals surface area contributed by atoms with Gasteiger partial charge in [-0.2, -0.15) is 0 Å². The van der Waals surface area contributed by atoms with E-state index in [1.807, 2.05) is 12.1 Å². The highest BCUT2D eigenvalue weighted by atomic mass is 16.5. The highest BCUT2D eigenvalue weighted by Gasteiger charge is 2.13. The van der Waals surface area contributed by atoms with E-state index in [1.165, 1.54) is 37.9 Å². The van der Waals surface area contributed by atoms with Crippen LogP contribution in [0.15, 0.2) is 97.2 Å². The maximum atomic E-state index is 6.54. The number of likely N-dealkylation sites (tertiary alicyclic amines) is 1. The van der Waals surface area contributed by atoms with Crippen LogP contribution < -0.4 is 9.47 Å². The van der Waals surface area contributed by atoms with Crippen LogP contribution in [0.25, 0.3) is 21.9 Å². The fourth-order valence-electron chi connectivity index (χ4n) is 4.58. The number of hydrogen-bond acceptors (Lipinski definition) is 3. The van der Waals surface area contributed by atoms with Crippen molar-refractivity contribution >= 4 is 10.8 Å². The second-order valence-corrected chi connectivity index (χ2v) is 8.83. The average molecular weight is 450 g/mol. The van der Waals surface area contributed by atoms with Crippen LogP contribution in [0.4, 0.5) is 0 Å². The number of rotatable bonds is 7. The summed E-state index contributed by atoms with van der Waals surface area (Å²) >= 11 is 0. The Morgan fingerprint density at radius 3 is 2.32 bits per heavy atom. The first-order valence-corrected chi connectivity index (χ1v) is 12.1. The molecule has 0 N–H and O–H groups in total. The van der Waals surface area contributed by atoms with Crippen LogP contribution in [0.5, 0.6) is 17.2 Å². The minimum atomic E-state index is 0.837. The van der Waals surface area contributed by atoms with Gasteiger partial charge in [-0.25, -0.2) is 0 Å². The molecule has 0 amide bonds. The minimum Gasteiger partial charge on any atom is -0.497 e. The molecular formula is C31H31NO2. The van der Waals surface area contributed by atoms with Crippen LogP contribution in [0.2, 0.25) is 0 Å². The Labute approximate surface area is 202 Å². The van der Waals surface area contributed by atoms with E-state index >= 15 is 0 Å². The lowest BCUT2D eigenvalue weighted by molar-refractivity contribution is 0.309. The molecule has 0 saturated carbocycles. The van der Waals surface area contributed by atoms with Crippen molar-refractivity contribution in [3.63, 3.8) is 0 Å². The van der Waals surface area contributed by atoms with E-state index in [0.717, 1.165) is 45.6 Å². The third-order valence-electron chi connectivity index (χ3n) is 6.47. The summed E-state index contributed by atoms with van der Waals surface area (Å²) in [5.74, 6) is 2.54. The summed E-state index contributed by atoms with van der Waals surface area (Å²) in [5, 5.41) is 2.16. The maximum Gasteiger partial charge on any atom is 0.143 e. The fraction of sp³-hybridized carbons (Fsp3) is 0.226. The van der Waals surface area contributed by atoms with Crippen molar-refractivity contribution in [1.82, 2.24) is 4.90 Å². The van der Waals surface area contributed by atoms with Gasteiger partial charge in [0, 0.05) is 24.0 Å². The molecule has 1 aliphatic heterocycles. The van der Waals surface area contributed by atoms with Crippen LogP contribution in [0.1, 0.15) is 24.8 Å². The Kier molecular flexibility index (Phi) is 6.81. The standard InChI is InChI=1S/C31H31NO2/c1-33-28-17-19-30-26(23-28)14-18-29(25-10-4-2-5-11-25)31(30)34-27-15-12-24(13-16-27)9-8-22-32-20-6-3-7-21-32/h2,4-5,8,10-19,22-23H,3,6-7,9,20-21H2,1H3. The normalized spacial score (nSPS) is 14.0. The van der Waals surface area contributed by atoms with Gasteiger partial charge in [0.1, 0.15) is 17.2 Å². The summed E-state index contributed by atoms with van der Waals surface area (Å²) in [7, 11) is 1.69. The number of piperidine rings is 1. The van der Waals surface area contributed by atoms with Gasteiger partial charge in [-0.05, 0) is 84.8 Å². The van der Waals surface area contributed by atoms with Crippen molar-refractivity contribution in [1.29, 1.82) is 0 Å². The smallest absolute Gasteiger partial charge is 0.143 e. The van der Waals surface area contributed by atoms with E-state index < -0.39 is 0 Å². The van der Waals surface area contributed by atoms with Crippen molar-refractivity contribution in [2.24, 2.45) is 0 Å². The number of fused-ring (bicyclic) bond motifs is 1. The van der Waals surface area contributed by atoms with E-state index in [2.05, 4.69) is 90.0 Å². The molecule has 5 rings (SSSR count). The molecule has 0 radical (unpaired) electrons. The summed E-state index contributed by atoms with van der Waals surface area (Å²) in [4.78, 5) is 2.43. The van der Waals surface area contributed by atoms with Gasteiger partial charge in [0.05, 0.1) is 7.11 Å². The monoisotopic (exact) mass is 449 g/mol. The molecule has 172 valence electrons. The zero-order chi connectivity index (χ0) is 23.2. The lowest BCUT2D eigenvalue weighted by atomic mass is 9.99. The van der Waals surface area contributed by atoms with Gasteiger partial charge in [0.15, 0.2) is 0 Å². The Balaban J connectivity index is 1.40. The third-order valence-corrected chi connectivity index (χ3v) is 6.47. The van der Waals surface area contributed by atoms with Crippen molar-refractivity contribution < 1.29 is 9.47 Å². The topological polar surface area (TPSA) is 21.7 Å². The maximum absolute atomic E-state index is 6.54. The average Bonchev–Trinajstić information content (AvgIpc) is 2.90. The molecule has 1 fully saturated rings. The van der Waals surface area contributed by atoms with E-state index in [0.29, 0.717) is 0 Å². The number of ether oxygens (including phenoxy) is 2. The first-order chi connectivity index (χ1) is 16.8. The van der Waals surface area contributed by atoms with Crippen LogP contribution in [0.3, 0.4) is 0 Å². The Bertz CT molecular complexity index is 1260. The van der Waals surface area contributed by atoms with E-state index in [4.69, 9.17) is 9.47 Å². The molecule has 34 heavy (non-hydrogen) atoms. The highest BCUT2D eigenvalue weighted by molar-refractivity contribution is 5.96. The summed E-state index contributed by atoms with van der Waals surface area (Å²) < 4.78 is 12.0. The number of hydrogen-bond donors (Lipinski definition) is 0. The Hall–Kier alpha value is -3.72. The first kappa shape index (κ1) is 22.1. The molecule has 0 unspecified atom stereocenters. The predicted molar refractivity (Wildman–Crippen MR) is 141 cm³/mol. The molecule has 1 heterocycles. The highest BCUT2D eigenvalue weighted by Crippen LogP contribution is 2.40. The lowest BCUT2D eigenvalue weighted by Gasteiger charge is -2.24. The van der Waals surface area contributed by atoms with Crippen LogP contribution in [-0.4, -0.2) is 25.1 Å². The van der Waals surface area contributed by atoms with E-state index in [1.54, 1.807) is 7.11 Å². The predicted octanol–water partition coefficient (Wildman–Crippen LogP) is 7.85. The SMILES string of the molecule is COc1ccc2c(Oc3ccc(CC=CN4CCCCC4)cc3)c(-c3ccccc3)ccc2c1. The van der Waals surface area contributed by atoms with Gasteiger partial charge in [-0.15, -0.1) is 0 Å². The molecular weight excluding hydrogens is 418 g/mol. The van der Waals surface area contributed by atoms with Crippen molar-refractivity contribution in [2.45, 2.75) is 25.7 Å². The molecule has 0 aromatic heterocycles. The van der Waals surface area contributed by atoms with Crippen LogP contribution in [-0.2, 0) is 6.42 Å². The molecule has 3 nitrogen and oxygen atoms in total. The van der Waals surface area contributed by atoms with Crippen LogP contribution >= 0.6 is 0 Å². The molecule has 4 aromatic rings. The summed E-state index contributed by atoms with van der Waals surface area (Å²) in [6.07, 6.45) is 9.44.